The zero-order valence-corrected chi connectivity index (χ0v) is 15.5. The van der Waals surface area contributed by atoms with Crippen LogP contribution >= 0.6 is 0 Å². The van der Waals surface area contributed by atoms with Crippen molar-refractivity contribution in [3.05, 3.63) is 59.7 Å². The maximum atomic E-state index is 12.1. The molecule has 2 aromatic rings. The van der Waals surface area contributed by atoms with E-state index in [0.29, 0.717) is 23.8 Å². The normalized spacial score (nSPS) is 10.5. The van der Waals surface area contributed by atoms with Gasteiger partial charge in [-0.05, 0) is 61.2 Å². The summed E-state index contributed by atoms with van der Waals surface area (Å²) >= 11 is 0. The molecule has 2 aromatic carbocycles. The predicted octanol–water partition coefficient (Wildman–Crippen LogP) is 3.65. The van der Waals surface area contributed by atoms with Gasteiger partial charge in [0, 0.05) is 11.3 Å². The van der Waals surface area contributed by atoms with E-state index >= 15 is 0 Å². The maximum Gasteiger partial charge on any atom is 0.251 e. The van der Waals surface area contributed by atoms with Crippen molar-refractivity contribution in [2.24, 2.45) is 5.92 Å². The molecule has 0 aliphatic carbocycles. The molecule has 0 spiro atoms. The van der Waals surface area contributed by atoms with Gasteiger partial charge in [-0.1, -0.05) is 26.0 Å². The molecule has 5 heteroatoms. The van der Waals surface area contributed by atoms with Crippen LogP contribution in [0.25, 0.3) is 0 Å². The van der Waals surface area contributed by atoms with E-state index < -0.39 is 0 Å². The van der Waals surface area contributed by atoms with Gasteiger partial charge >= 0.3 is 0 Å². The second-order valence-electron chi connectivity index (χ2n) is 6.48. The Balaban J connectivity index is 1.81. The molecular formula is C21H26N2O3. The van der Waals surface area contributed by atoms with Crippen molar-refractivity contribution in [2.75, 3.05) is 18.5 Å². The van der Waals surface area contributed by atoms with Crippen molar-refractivity contribution < 1.29 is 14.3 Å². The van der Waals surface area contributed by atoms with Crippen LogP contribution in [0.3, 0.4) is 0 Å². The van der Waals surface area contributed by atoms with Crippen LogP contribution in [0.4, 0.5) is 5.69 Å². The Bertz CT molecular complexity index is 722. The standard InChI is InChI=1S/C21H26N2O3/c1-4-26-19-11-9-18(10-12-19)23-20(24)14-22-21(25)17-7-5-16(6-8-17)13-15(2)3/h5-12,15H,4,13-14H2,1-3H3,(H,22,25)(H,23,24). The van der Waals surface area contributed by atoms with Crippen LogP contribution in [0, 0.1) is 5.92 Å². The van der Waals surface area contributed by atoms with E-state index in [2.05, 4.69) is 24.5 Å². The lowest BCUT2D eigenvalue weighted by Gasteiger charge is -2.09. The quantitative estimate of drug-likeness (QED) is 0.760. The average Bonchev–Trinajstić information content (AvgIpc) is 2.62. The van der Waals surface area contributed by atoms with Gasteiger partial charge in [0.2, 0.25) is 5.91 Å². The minimum absolute atomic E-state index is 0.0835. The van der Waals surface area contributed by atoms with Crippen molar-refractivity contribution in [1.29, 1.82) is 0 Å². The van der Waals surface area contributed by atoms with E-state index in [9.17, 15) is 9.59 Å². The molecule has 2 amide bonds. The molecule has 0 atom stereocenters. The summed E-state index contributed by atoms with van der Waals surface area (Å²) in [6, 6.07) is 14.6. The highest BCUT2D eigenvalue weighted by Crippen LogP contribution is 2.15. The fourth-order valence-corrected chi connectivity index (χ4v) is 2.53. The summed E-state index contributed by atoms with van der Waals surface area (Å²) < 4.78 is 5.35. The fraction of sp³-hybridized carbons (Fsp3) is 0.333. The predicted molar refractivity (Wildman–Crippen MR) is 104 cm³/mol. The van der Waals surface area contributed by atoms with Crippen LogP contribution < -0.4 is 15.4 Å². The molecule has 0 bridgehead atoms. The molecule has 0 saturated heterocycles. The summed E-state index contributed by atoms with van der Waals surface area (Å²) in [6.45, 7) is 6.74. The lowest BCUT2D eigenvalue weighted by molar-refractivity contribution is -0.115. The van der Waals surface area contributed by atoms with Crippen molar-refractivity contribution in [3.63, 3.8) is 0 Å². The topological polar surface area (TPSA) is 67.4 Å². The first-order chi connectivity index (χ1) is 12.5. The van der Waals surface area contributed by atoms with Crippen LogP contribution in [-0.4, -0.2) is 25.0 Å². The van der Waals surface area contributed by atoms with Gasteiger partial charge in [0.1, 0.15) is 5.75 Å². The van der Waals surface area contributed by atoms with Crippen LogP contribution in [0.15, 0.2) is 48.5 Å². The van der Waals surface area contributed by atoms with Gasteiger partial charge in [-0.2, -0.15) is 0 Å². The number of rotatable bonds is 8. The van der Waals surface area contributed by atoms with Crippen LogP contribution in [0.2, 0.25) is 0 Å². The molecule has 5 nitrogen and oxygen atoms in total. The van der Waals surface area contributed by atoms with Gasteiger partial charge in [-0.25, -0.2) is 0 Å². The van der Waals surface area contributed by atoms with E-state index in [1.807, 2.05) is 19.1 Å². The van der Waals surface area contributed by atoms with E-state index in [4.69, 9.17) is 4.74 Å². The lowest BCUT2D eigenvalue weighted by Crippen LogP contribution is -2.32. The molecule has 0 aliphatic rings. The number of carbonyl (C=O) groups is 2. The molecule has 0 fully saturated rings. The molecule has 0 radical (unpaired) electrons. The van der Waals surface area contributed by atoms with Gasteiger partial charge in [0.25, 0.3) is 5.91 Å². The van der Waals surface area contributed by atoms with Gasteiger partial charge in [-0.15, -0.1) is 0 Å². The SMILES string of the molecule is CCOc1ccc(NC(=O)CNC(=O)c2ccc(CC(C)C)cc2)cc1. The average molecular weight is 354 g/mol. The number of anilines is 1. The van der Waals surface area contributed by atoms with E-state index in [0.717, 1.165) is 12.2 Å². The summed E-state index contributed by atoms with van der Waals surface area (Å²) in [7, 11) is 0. The van der Waals surface area contributed by atoms with Gasteiger partial charge in [0.15, 0.2) is 0 Å². The summed E-state index contributed by atoms with van der Waals surface area (Å²) in [5, 5.41) is 5.37. The minimum Gasteiger partial charge on any atom is -0.494 e. The minimum atomic E-state index is -0.279. The largest absolute Gasteiger partial charge is 0.494 e. The van der Waals surface area contributed by atoms with Crippen molar-refractivity contribution in [2.45, 2.75) is 27.2 Å². The molecule has 0 heterocycles. The highest BCUT2D eigenvalue weighted by molar-refractivity contribution is 5.99. The lowest BCUT2D eigenvalue weighted by atomic mass is 10.0. The Kier molecular flexibility index (Phi) is 7.21. The molecular weight excluding hydrogens is 328 g/mol. The zero-order valence-electron chi connectivity index (χ0n) is 15.5. The molecule has 0 unspecified atom stereocenters. The smallest absolute Gasteiger partial charge is 0.251 e. The number of ether oxygens (including phenoxy) is 1. The third-order valence-electron chi connectivity index (χ3n) is 3.72. The Morgan fingerprint density at radius 1 is 1.00 bits per heavy atom. The number of amides is 2. The van der Waals surface area contributed by atoms with Crippen molar-refractivity contribution in [1.82, 2.24) is 5.32 Å². The van der Waals surface area contributed by atoms with Crippen LogP contribution in [0.1, 0.15) is 36.7 Å². The highest BCUT2D eigenvalue weighted by Gasteiger charge is 2.09. The zero-order chi connectivity index (χ0) is 18.9. The Hall–Kier alpha value is -2.82. The summed E-state index contributed by atoms with van der Waals surface area (Å²) in [5.41, 5.74) is 2.40. The maximum absolute atomic E-state index is 12.1. The molecule has 26 heavy (non-hydrogen) atoms. The first kappa shape index (κ1) is 19.5. The molecule has 0 aliphatic heterocycles. The third-order valence-corrected chi connectivity index (χ3v) is 3.72. The first-order valence-corrected chi connectivity index (χ1v) is 8.87. The van der Waals surface area contributed by atoms with Crippen LogP contribution in [0.5, 0.6) is 5.75 Å². The summed E-state index contributed by atoms with van der Waals surface area (Å²) in [6.07, 6.45) is 0.979. The molecule has 0 aromatic heterocycles. The van der Waals surface area contributed by atoms with Crippen molar-refractivity contribution in [3.8, 4) is 5.75 Å². The van der Waals surface area contributed by atoms with E-state index in [-0.39, 0.29) is 18.4 Å². The second-order valence-corrected chi connectivity index (χ2v) is 6.48. The van der Waals surface area contributed by atoms with Gasteiger partial charge in [0.05, 0.1) is 13.2 Å². The van der Waals surface area contributed by atoms with E-state index in [1.165, 1.54) is 5.56 Å². The Labute approximate surface area is 154 Å². The number of nitrogens with one attached hydrogen (secondary N) is 2. The second kappa shape index (κ2) is 9.61. The number of hydrogen-bond donors (Lipinski definition) is 2. The highest BCUT2D eigenvalue weighted by atomic mass is 16.5. The van der Waals surface area contributed by atoms with E-state index in [1.54, 1.807) is 36.4 Å². The van der Waals surface area contributed by atoms with Crippen molar-refractivity contribution >= 4 is 17.5 Å². The number of benzene rings is 2. The Morgan fingerprint density at radius 2 is 1.65 bits per heavy atom. The molecule has 0 saturated carbocycles. The number of carbonyl (C=O) groups excluding carboxylic acids is 2. The Morgan fingerprint density at radius 3 is 2.23 bits per heavy atom. The monoisotopic (exact) mass is 354 g/mol. The van der Waals surface area contributed by atoms with Crippen LogP contribution in [-0.2, 0) is 11.2 Å². The summed E-state index contributed by atoms with van der Waals surface area (Å²) in [4.78, 5) is 24.1. The van der Waals surface area contributed by atoms with Gasteiger partial charge < -0.3 is 15.4 Å². The van der Waals surface area contributed by atoms with Gasteiger partial charge in [-0.3, -0.25) is 9.59 Å². The first-order valence-electron chi connectivity index (χ1n) is 8.87. The fourth-order valence-electron chi connectivity index (χ4n) is 2.53. The molecule has 2 rings (SSSR count). The third kappa shape index (κ3) is 6.24. The summed E-state index contributed by atoms with van der Waals surface area (Å²) in [5.74, 6) is 0.780. The number of hydrogen-bond acceptors (Lipinski definition) is 3. The molecule has 138 valence electrons. The molecule has 2 N–H and O–H groups in total.